The van der Waals surface area contributed by atoms with Crippen LogP contribution in [0.3, 0.4) is 0 Å². The number of anilines is 1. The minimum Gasteiger partial charge on any atom is -0.378 e. The molecule has 6 nitrogen and oxygen atoms in total. The van der Waals surface area contributed by atoms with Crippen molar-refractivity contribution in [3.8, 4) is 0 Å². The Kier molecular flexibility index (Phi) is 6.50. The van der Waals surface area contributed by atoms with Crippen molar-refractivity contribution in [1.29, 1.82) is 0 Å². The van der Waals surface area contributed by atoms with E-state index >= 15 is 0 Å². The number of ether oxygens (including phenoxy) is 1. The molecule has 6 heteroatoms. The number of nitrogens with one attached hydrogen (secondary N) is 1. The SMILES string of the molecule is CN(C(=O)CNc1ccccc1C(=O)N1CCOCC1)C1CCCCC1. The summed E-state index contributed by atoms with van der Waals surface area (Å²) in [6.45, 7) is 2.57. The van der Waals surface area contributed by atoms with E-state index in [1.807, 2.05) is 36.2 Å². The molecule has 0 radical (unpaired) electrons. The summed E-state index contributed by atoms with van der Waals surface area (Å²) >= 11 is 0. The van der Waals surface area contributed by atoms with Crippen molar-refractivity contribution in [2.45, 2.75) is 38.1 Å². The van der Waals surface area contributed by atoms with Crippen LogP contribution in [0, 0.1) is 0 Å². The highest BCUT2D eigenvalue weighted by atomic mass is 16.5. The fourth-order valence-corrected chi connectivity index (χ4v) is 3.73. The van der Waals surface area contributed by atoms with Crippen LogP contribution in [0.15, 0.2) is 24.3 Å². The molecule has 1 aromatic rings. The third-order valence-electron chi connectivity index (χ3n) is 5.40. The highest BCUT2D eigenvalue weighted by Gasteiger charge is 2.23. The maximum absolute atomic E-state index is 12.8. The highest BCUT2D eigenvalue weighted by molar-refractivity contribution is 6.00. The Morgan fingerprint density at radius 3 is 2.58 bits per heavy atom. The highest BCUT2D eigenvalue weighted by Crippen LogP contribution is 2.22. The summed E-state index contributed by atoms with van der Waals surface area (Å²) < 4.78 is 5.32. The number of para-hydroxylation sites is 1. The molecule has 0 unspecified atom stereocenters. The van der Waals surface area contributed by atoms with Crippen LogP contribution in [0.5, 0.6) is 0 Å². The molecule has 1 heterocycles. The van der Waals surface area contributed by atoms with Gasteiger partial charge in [-0.25, -0.2) is 0 Å². The molecular weight excluding hydrogens is 330 g/mol. The molecule has 1 aromatic carbocycles. The van der Waals surface area contributed by atoms with Crippen LogP contribution in [0.2, 0.25) is 0 Å². The fourth-order valence-electron chi connectivity index (χ4n) is 3.73. The van der Waals surface area contributed by atoms with E-state index < -0.39 is 0 Å². The van der Waals surface area contributed by atoms with Gasteiger partial charge >= 0.3 is 0 Å². The third-order valence-corrected chi connectivity index (χ3v) is 5.40. The molecule has 1 aliphatic heterocycles. The number of nitrogens with zero attached hydrogens (tertiary/aromatic N) is 2. The van der Waals surface area contributed by atoms with E-state index in [0.717, 1.165) is 18.5 Å². The molecule has 2 fully saturated rings. The van der Waals surface area contributed by atoms with Crippen molar-refractivity contribution in [3.05, 3.63) is 29.8 Å². The molecule has 0 bridgehead atoms. The number of rotatable bonds is 5. The van der Waals surface area contributed by atoms with Gasteiger partial charge in [0.2, 0.25) is 5.91 Å². The maximum atomic E-state index is 12.8. The zero-order valence-electron chi connectivity index (χ0n) is 15.6. The Bertz CT molecular complexity index is 622. The second-order valence-electron chi connectivity index (χ2n) is 7.10. The summed E-state index contributed by atoms with van der Waals surface area (Å²) in [7, 11) is 1.89. The third kappa shape index (κ3) is 4.55. The van der Waals surface area contributed by atoms with Gasteiger partial charge in [0.05, 0.1) is 25.3 Å². The molecule has 1 N–H and O–H groups in total. The molecule has 142 valence electrons. The van der Waals surface area contributed by atoms with Crippen LogP contribution >= 0.6 is 0 Å². The maximum Gasteiger partial charge on any atom is 0.256 e. The summed E-state index contributed by atoms with van der Waals surface area (Å²) in [5.74, 6) is 0.0648. The first kappa shape index (κ1) is 18.7. The van der Waals surface area contributed by atoms with Gasteiger partial charge in [-0.05, 0) is 25.0 Å². The van der Waals surface area contributed by atoms with Gasteiger partial charge in [-0.2, -0.15) is 0 Å². The average Bonchev–Trinajstić information content (AvgIpc) is 2.72. The van der Waals surface area contributed by atoms with Gasteiger partial charge < -0.3 is 19.9 Å². The fraction of sp³-hybridized carbons (Fsp3) is 0.600. The first-order valence-corrected chi connectivity index (χ1v) is 9.62. The number of benzene rings is 1. The lowest BCUT2D eigenvalue weighted by Crippen LogP contribution is -2.42. The molecule has 0 spiro atoms. The predicted molar refractivity (Wildman–Crippen MR) is 101 cm³/mol. The Balaban J connectivity index is 1.60. The van der Waals surface area contributed by atoms with Crippen molar-refractivity contribution < 1.29 is 14.3 Å². The van der Waals surface area contributed by atoms with E-state index in [1.165, 1.54) is 19.3 Å². The van der Waals surface area contributed by atoms with Crippen molar-refractivity contribution in [1.82, 2.24) is 9.80 Å². The van der Waals surface area contributed by atoms with Gasteiger partial charge in [-0.1, -0.05) is 31.4 Å². The Morgan fingerprint density at radius 1 is 1.15 bits per heavy atom. The monoisotopic (exact) mass is 359 g/mol. The Morgan fingerprint density at radius 2 is 1.85 bits per heavy atom. The zero-order valence-corrected chi connectivity index (χ0v) is 15.6. The zero-order chi connectivity index (χ0) is 18.4. The normalized spacial score (nSPS) is 18.4. The van der Waals surface area contributed by atoms with Gasteiger partial charge in [0.25, 0.3) is 5.91 Å². The van der Waals surface area contributed by atoms with E-state index in [2.05, 4.69) is 5.32 Å². The molecule has 1 saturated carbocycles. The van der Waals surface area contributed by atoms with Gasteiger partial charge in [0, 0.05) is 31.9 Å². The van der Waals surface area contributed by atoms with E-state index in [-0.39, 0.29) is 18.4 Å². The van der Waals surface area contributed by atoms with E-state index in [9.17, 15) is 9.59 Å². The number of amides is 2. The number of carbonyl (C=O) groups is 2. The largest absolute Gasteiger partial charge is 0.378 e. The standard InChI is InChI=1S/C20H29N3O3/c1-22(16-7-3-2-4-8-16)19(24)15-21-18-10-6-5-9-17(18)20(25)23-11-13-26-14-12-23/h5-6,9-10,16,21H,2-4,7-8,11-15H2,1H3. The smallest absolute Gasteiger partial charge is 0.256 e. The number of likely N-dealkylation sites (N-methyl/N-ethyl adjacent to an activating group) is 1. The van der Waals surface area contributed by atoms with Crippen molar-refractivity contribution >= 4 is 17.5 Å². The average molecular weight is 359 g/mol. The summed E-state index contributed by atoms with van der Waals surface area (Å²) in [6.07, 6.45) is 5.86. The molecule has 0 aromatic heterocycles. The second-order valence-corrected chi connectivity index (χ2v) is 7.10. The number of morpholine rings is 1. The van der Waals surface area contributed by atoms with Crippen LogP contribution in [0.4, 0.5) is 5.69 Å². The Hall–Kier alpha value is -2.08. The minimum absolute atomic E-state index is 0.00974. The number of hydrogen-bond donors (Lipinski definition) is 1. The van der Waals surface area contributed by atoms with Gasteiger partial charge in [-0.15, -0.1) is 0 Å². The van der Waals surface area contributed by atoms with Crippen molar-refractivity contribution in [3.63, 3.8) is 0 Å². The first-order valence-electron chi connectivity index (χ1n) is 9.62. The van der Waals surface area contributed by atoms with Gasteiger partial charge in [0.15, 0.2) is 0 Å². The lowest BCUT2D eigenvalue weighted by atomic mass is 9.94. The summed E-state index contributed by atoms with van der Waals surface area (Å²) in [5.41, 5.74) is 1.33. The molecule has 2 aliphatic rings. The quantitative estimate of drug-likeness (QED) is 0.877. The Labute approximate surface area is 155 Å². The molecule has 3 rings (SSSR count). The van der Waals surface area contributed by atoms with Crippen LogP contribution in [-0.4, -0.2) is 67.6 Å². The van der Waals surface area contributed by atoms with Crippen molar-refractivity contribution in [2.75, 3.05) is 45.2 Å². The summed E-state index contributed by atoms with van der Waals surface area (Å²) in [6, 6.07) is 7.77. The molecule has 2 amide bonds. The lowest BCUT2D eigenvalue weighted by molar-refractivity contribution is -0.130. The second kappa shape index (κ2) is 9.03. The number of carbonyl (C=O) groups excluding carboxylic acids is 2. The van der Waals surface area contributed by atoms with E-state index in [4.69, 9.17) is 4.74 Å². The van der Waals surface area contributed by atoms with Crippen LogP contribution in [0.1, 0.15) is 42.5 Å². The molecule has 26 heavy (non-hydrogen) atoms. The predicted octanol–water partition coefficient (Wildman–Crippen LogP) is 2.36. The van der Waals surface area contributed by atoms with E-state index in [0.29, 0.717) is 37.9 Å². The molecule has 0 atom stereocenters. The molecular formula is C20H29N3O3. The number of hydrogen-bond acceptors (Lipinski definition) is 4. The van der Waals surface area contributed by atoms with Crippen LogP contribution < -0.4 is 5.32 Å². The lowest BCUT2D eigenvalue weighted by Gasteiger charge is -2.31. The van der Waals surface area contributed by atoms with Crippen LogP contribution in [0.25, 0.3) is 0 Å². The summed E-state index contributed by atoms with van der Waals surface area (Å²) in [5, 5.41) is 3.18. The van der Waals surface area contributed by atoms with Crippen molar-refractivity contribution in [2.24, 2.45) is 0 Å². The topological polar surface area (TPSA) is 61.9 Å². The molecule has 1 saturated heterocycles. The molecule has 1 aliphatic carbocycles. The minimum atomic E-state index is -0.00974. The van der Waals surface area contributed by atoms with E-state index in [1.54, 1.807) is 4.90 Å². The van der Waals surface area contributed by atoms with Gasteiger partial charge in [-0.3, -0.25) is 9.59 Å². The summed E-state index contributed by atoms with van der Waals surface area (Å²) in [4.78, 5) is 29.0. The first-order chi connectivity index (χ1) is 12.7. The van der Waals surface area contributed by atoms with Crippen LogP contribution in [-0.2, 0) is 9.53 Å². The van der Waals surface area contributed by atoms with Gasteiger partial charge in [0.1, 0.15) is 0 Å².